The minimum absolute atomic E-state index is 0.00433. The molecule has 12 bridgehead atoms. The Hall–Kier alpha value is -1.49. The molecule has 1 spiro atoms. The zero-order valence-electron chi connectivity index (χ0n) is 30.5. The van der Waals surface area contributed by atoms with Crippen LogP contribution >= 0.6 is 0 Å². The zero-order valence-corrected chi connectivity index (χ0v) is 30.5. The lowest BCUT2D eigenvalue weighted by Gasteiger charge is -2.47. The molecule has 10 aliphatic rings. The zero-order chi connectivity index (χ0) is 35.9. The van der Waals surface area contributed by atoms with Gasteiger partial charge in [0.05, 0.1) is 61.4 Å². The molecule has 10 fully saturated rings. The highest BCUT2D eigenvalue weighted by molar-refractivity contribution is 5.70. The van der Waals surface area contributed by atoms with Gasteiger partial charge in [0.1, 0.15) is 42.7 Å². The van der Waals surface area contributed by atoms with Crippen LogP contribution in [0, 0.1) is 5.92 Å². The van der Waals surface area contributed by atoms with Crippen LogP contribution in [0.3, 0.4) is 0 Å². The Morgan fingerprint density at radius 1 is 0.808 bits per heavy atom. The third-order valence-electron chi connectivity index (χ3n) is 13.5. The van der Waals surface area contributed by atoms with Crippen molar-refractivity contribution in [2.45, 2.75) is 194 Å². The van der Waals surface area contributed by atoms with E-state index in [-0.39, 0.29) is 86.3 Å². The molecule has 19 atom stereocenters. The van der Waals surface area contributed by atoms with E-state index in [9.17, 15) is 9.90 Å². The molecule has 0 aromatic carbocycles. The first-order chi connectivity index (χ1) is 25.1. The Labute approximate surface area is 306 Å². The Morgan fingerprint density at radius 3 is 2.38 bits per heavy atom. The average molecular weight is 732 g/mol. The van der Waals surface area contributed by atoms with Gasteiger partial charge in [-0.1, -0.05) is 20.1 Å². The molecule has 10 aliphatic heterocycles. The van der Waals surface area contributed by atoms with Crippen LogP contribution in [0.25, 0.3) is 0 Å². The number of nitrogens with two attached hydrogens (primary N) is 1. The summed E-state index contributed by atoms with van der Waals surface area (Å²) in [5, 5.41) is 10.5. The van der Waals surface area contributed by atoms with E-state index in [1.54, 1.807) is 7.11 Å². The number of methoxy groups -OCH3 is 1. The summed E-state index contributed by atoms with van der Waals surface area (Å²) in [7, 11) is 1.58. The largest absolute Gasteiger partial charge is 0.457 e. The topological polar surface area (TPSA) is 156 Å². The van der Waals surface area contributed by atoms with Crippen molar-refractivity contribution >= 4 is 5.97 Å². The number of rotatable bonds is 4. The van der Waals surface area contributed by atoms with Gasteiger partial charge < -0.3 is 58.2 Å². The lowest BCUT2D eigenvalue weighted by Crippen LogP contribution is -2.61. The highest BCUT2D eigenvalue weighted by Crippen LogP contribution is 2.54. The second-order valence-corrected chi connectivity index (χ2v) is 17.0. The molecule has 0 radical (unpaired) electrons. The third kappa shape index (κ3) is 6.53. The second kappa shape index (κ2) is 14.2. The maximum Gasteiger partial charge on any atom is 0.308 e. The monoisotopic (exact) mass is 731 g/mol. The first-order valence-electron chi connectivity index (χ1n) is 19.9. The average Bonchev–Trinajstić information content (AvgIpc) is 3.79. The van der Waals surface area contributed by atoms with Crippen molar-refractivity contribution in [2.75, 3.05) is 13.7 Å². The molecule has 3 N–H and O–H groups in total. The van der Waals surface area contributed by atoms with E-state index < -0.39 is 54.5 Å². The lowest BCUT2D eigenvalue weighted by molar-refractivity contribution is -0.293. The van der Waals surface area contributed by atoms with Gasteiger partial charge in [-0.3, -0.25) is 4.79 Å². The van der Waals surface area contributed by atoms with Crippen LogP contribution in [0.4, 0.5) is 0 Å². The van der Waals surface area contributed by atoms with Gasteiger partial charge in [0.25, 0.3) is 0 Å². The van der Waals surface area contributed by atoms with Crippen LogP contribution in [-0.4, -0.2) is 134 Å². The maximum absolute atomic E-state index is 13.8. The normalized spacial score (nSPS) is 52.2. The Balaban J connectivity index is 0.994. The summed E-state index contributed by atoms with van der Waals surface area (Å²) in [4.78, 5) is 13.8. The molecule has 0 aromatic heterocycles. The summed E-state index contributed by atoms with van der Waals surface area (Å²) in [6.45, 7) is 11.1. The predicted molar refractivity (Wildman–Crippen MR) is 183 cm³/mol. The van der Waals surface area contributed by atoms with Crippen molar-refractivity contribution in [3.63, 3.8) is 0 Å². The SMILES string of the molecule is C=C1CC2CCC34CC5OC6C(OC7CCC(CC(=O)OC8C(CC9OC(CCC1O2)CC(C)C9=C)OC(CC(O)CN)C8OC)OC7C6O3)C5O4. The van der Waals surface area contributed by atoms with Crippen LogP contribution < -0.4 is 5.73 Å². The summed E-state index contributed by atoms with van der Waals surface area (Å²) in [6.07, 6.45) is 1.99. The van der Waals surface area contributed by atoms with Crippen LogP contribution in [-0.2, 0) is 52.2 Å². The van der Waals surface area contributed by atoms with E-state index in [1.807, 2.05) is 0 Å². The van der Waals surface area contributed by atoms with Crippen molar-refractivity contribution < 1.29 is 57.3 Å². The van der Waals surface area contributed by atoms with Gasteiger partial charge in [0.2, 0.25) is 0 Å². The number of carbonyl (C=O) groups is 1. The smallest absolute Gasteiger partial charge is 0.308 e. The molecule has 13 nitrogen and oxygen atoms in total. The van der Waals surface area contributed by atoms with E-state index in [0.29, 0.717) is 25.7 Å². The molecule has 0 amide bonds. The van der Waals surface area contributed by atoms with Crippen LogP contribution in [0.1, 0.15) is 84.0 Å². The molecule has 0 aliphatic carbocycles. The van der Waals surface area contributed by atoms with Gasteiger partial charge in [-0.05, 0) is 62.0 Å². The van der Waals surface area contributed by atoms with E-state index in [1.165, 1.54) is 0 Å². The van der Waals surface area contributed by atoms with Gasteiger partial charge in [-0.15, -0.1) is 0 Å². The van der Waals surface area contributed by atoms with Crippen molar-refractivity contribution in [3.05, 3.63) is 24.3 Å². The molecule has 0 saturated carbocycles. The number of aliphatic hydroxyl groups is 1. The van der Waals surface area contributed by atoms with E-state index in [2.05, 4.69) is 20.1 Å². The fourth-order valence-electron chi connectivity index (χ4n) is 10.8. The Bertz CT molecular complexity index is 1380. The first-order valence-corrected chi connectivity index (χ1v) is 19.9. The van der Waals surface area contributed by atoms with Crippen molar-refractivity contribution in [3.8, 4) is 0 Å². The van der Waals surface area contributed by atoms with Gasteiger partial charge in [0, 0.05) is 39.3 Å². The van der Waals surface area contributed by atoms with Crippen LogP contribution in [0.2, 0.25) is 0 Å². The molecule has 19 unspecified atom stereocenters. The summed E-state index contributed by atoms with van der Waals surface area (Å²) in [5.74, 6) is -0.960. The quantitative estimate of drug-likeness (QED) is 0.322. The Morgan fingerprint density at radius 2 is 1.56 bits per heavy atom. The minimum atomic E-state index is -0.805. The van der Waals surface area contributed by atoms with E-state index >= 15 is 0 Å². The number of ether oxygens (including phenoxy) is 10. The van der Waals surface area contributed by atoms with Crippen LogP contribution in [0.15, 0.2) is 24.3 Å². The fraction of sp³-hybridized carbons (Fsp3) is 0.872. The summed E-state index contributed by atoms with van der Waals surface area (Å²) in [5.41, 5.74) is 7.91. The number of carbonyl (C=O) groups excluding carboxylic acids is 1. The number of aliphatic hydroxyl groups excluding tert-OH is 1. The molecule has 10 saturated heterocycles. The number of fused-ring (bicyclic) bond motifs is 6. The first kappa shape index (κ1) is 36.2. The van der Waals surface area contributed by atoms with E-state index in [4.69, 9.17) is 53.1 Å². The minimum Gasteiger partial charge on any atom is -0.457 e. The van der Waals surface area contributed by atoms with E-state index in [0.717, 1.165) is 49.7 Å². The number of hydrogen-bond acceptors (Lipinski definition) is 13. The van der Waals surface area contributed by atoms with Crippen molar-refractivity contribution in [1.29, 1.82) is 0 Å². The molecule has 10 heterocycles. The van der Waals surface area contributed by atoms with Crippen LogP contribution in [0.5, 0.6) is 0 Å². The second-order valence-electron chi connectivity index (χ2n) is 17.0. The highest BCUT2D eigenvalue weighted by atomic mass is 16.8. The Kier molecular flexibility index (Phi) is 9.89. The number of hydrogen-bond donors (Lipinski definition) is 2. The third-order valence-corrected chi connectivity index (χ3v) is 13.5. The molecule has 290 valence electrons. The van der Waals surface area contributed by atoms with Crippen molar-refractivity contribution in [2.24, 2.45) is 11.7 Å². The van der Waals surface area contributed by atoms with Crippen molar-refractivity contribution in [1.82, 2.24) is 0 Å². The number of esters is 1. The molecule has 0 aromatic rings. The molecular formula is C39H57NO12. The standard InChI is InChI=1S/C39H57NO12/c1-18-11-22-5-7-25-19(2)12-24(44-25)9-10-39-16-30-35(51-39)36-37(49-30)38(52-39)33-26(48-36)8-6-23(46-33)14-31(42)50-34-29(15-27(45-22)20(18)3)47-28(32(34)43-4)13-21(41)17-40/h18,21-30,32-38,41H,2-3,5-17,40H2,1,4H3. The summed E-state index contributed by atoms with van der Waals surface area (Å²) >= 11 is 0. The van der Waals surface area contributed by atoms with Gasteiger partial charge >= 0.3 is 5.97 Å². The predicted octanol–water partition coefficient (Wildman–Crippen LogP) is 2.77. The summed E-state index contributed by atoms with van der Waals surface area (Å²) < 4.78 is 65.8. The molecule has 10 rings (SSSR count). The van der Waals surface area contributed by atoms with Gasteiger partial charge in [0.15, 0.2) is 11.9 Å². The summed E-state index contributed by atoms with van der Waals surface area (Å²) in [6, 6.07) is 0. The van der Waals surface area contributed by atoms with Gasteiger partial charge in [-0.2, -0.15) is 0 Å². The lowest BCUT2D eigenvalue weighted by atomic mass is 9.84. The maximum atomic E-state index is 13.8. The molecule has 52 heavy (non-hydrogen) atoms. The van der Waals surface area contributed by atoms with Gasteiger partial charge in [-0.25, -0.2) is 0 Å². The molecule has 13 heteroatoms. The fourth-order valence-corrected chi connectivity index (χ4v) is 10.8. The highest BCUT2D eigenvalue weighted by Gasteiger charge is 2.68. The molecular weight excluding hydrogens is 674 g/mol.